The van der Waals surface area contributed by atoms with E-state index >= 15 is 0 Å². The molecule has 0 N–H and O–H groups in total. The molecular weight excluding hydrogens is 420 g/mol. The fourth-order valence-corrected chi connectivity index (χ4v) is 4.22. The lowest BCUT2D eigenvalue weighted by molar-refractivity contribution is -0.0232. The number of rotatable bonds is 4. The van der Waals surface area contributed by atoms with Gasteiger partial charge in [-0.15, -0.1) is 0 Å². The summed E-state index contributed by atoms with van der Waals surface area (Å²) in [6.45, 7) is 7.07. The number of carbonyl (C=O) groups excluding carboxylic acids is 1. The van der Waals surface area contributed by atoms with Crippen molar-refractivity contribution in [3.8, 4) is 5.88 Å². The smallest absolute Gasteiger partial charge is 0.410 e. The number of ether oxygens (including phenoxy) is 2. The van der Waals surface area contributed by atoms with Gasteiger partial charge in [-0.2, -0.15) is 0 Å². The number of hydrogen-bond acceptors (Lipinski definition) is 8. The third-order valence-corrected chi connectivity index (χ3v) is 6.18. The van der Waals surface area contributed by atoms with Gasteiger partial charge in [0, 0.05) is 24.6 Å². The minimum Gasteiger partial charge on any atom is -0.470 e. The van der Waals surface area contributed by atoms with Crippen LogP contribution in [0, 0.1) is 0 Å². The molecule has 0 radical (unpaired) electrons. The minimum atomic E-state index is -3.25. The van der Waals surface area contributed by atoms with Gasteiger partial charge < -0.3 is 19.3 Å². The van der Waals surface area contributed by atoms with Crippen LogP contribution in [0.2, 0.25) is 0 Å². The van der Waals surface area contributed by atoms with Gasteiger partial charge in [0.25, 0.3) is 0 Å². The van der Waals surface area contributed by atoms with Gasteiger partial charge in [-0.1, -0.05) is 0 Å². The van der Waals surface area contributed by atoms with Crippen LogP contribution in [0.15, 0.2) is 35.5 Å². The van der Waals surface area contributed by atoms with Crippen molar-refractivity contribution in [2.24, 2.45) is 0 Å². The van der Waals surface area contributed by atoms with Crippen molar-refractivity contribution >= 4 is 27.4 Å². The predicted molar refractivity (Wildman–Crippen MR) is 115 cm³/mol. The summed E-state index contributed by atoms with van der Waals surface area (Å²) >= 11 is 0. The standard InChI is InChI=1S/C21H26N4O5S/c1-21(2,3)30-20(26)24-11-15(12-24)29-19-10-18(22-13-23-19)25-8-7-14-9-16(31(4,27)28)5-6-17(14)25/h5-6,9-10,13,15H,7-8,11-12H2,1-4H3. The van der Waals surface area contributed by atoms with Gasteiger partial charge in [-0.25, -0.2) is 23.2 Å². The first-order valence-corrected chi connectivity index (χ1v) is 12.0. The van der Waals surface area contributed by atoms with Gasteiger partial charge in [0.1, 0.15) is 23.9 Å². The van der Waals surface area contributed by atoms with E-state index in [0.29, 0.717) is 36.2 Å². The summed E-state index contributed by atoms with van der Waals surface area (Å²) in [5.41, 5.74) is 1.37. The van der Waals surface area contributed by atoms with Crippen LogP contribution in [0.5, 0.6) is 5.88 Å². The lowest BCUT2D eigenvalue weighted by atomic mass is 10.2. The molecule has 0 aliphatic carbocycles. The first kappa shape index (κ1) is 21.4. The fraction of sp³-hybridized carbons (Fsp3) is 0.476. The quantitative estimate of drug-likeness (QED) is 0.706. The highest BCUT2D eigenvalue weighted by atomic mass is 32.2. The molecule has 1 fully saturated rings. The molecule has 2 aliphatic heterocycles. The third kappa shape index (κ3) is 4.73. The number of hydrogen-bond donors (Lipinski definition) is 0. The maximum absolute atomic E-state index is 12.0. The number of amides is 1. The molecule has 31 heavy (non-hydrogen) atoms. The molecule has 1 aromatic heterocycles. The monoisotopic (exact) mass is 446 g/mol. The molecule has 0 saturated carbocycles. The third-order valence-electron chi connectivity index (χ3n) is 5.07. The summed E-state index contributed by atoms with van der Waals surface area (Å²) in [7, 11) is -3.25. The molecule has 166 valence electrons. The summed E-state index contributed by atoms with van der Waals surface area (Å²) in [4.78, 5) is 24.5. The molecule has 2 aromatic rings. The van der Waals surface area contributed by atoms with Crippen molar-refractivity contribution in [1.82, 2.24) is 14.9 Å². The minimum absolute atomic E-state index is 0.154. The average Bonchev–Trinajstić information content (AvgIpc) is 3.05. The van der Waals surface area contributed by atoms with Crippen molar-refractivity contribution < 1.29 is 22.7 Å². The average molecular weight is 447 g/mol. The van der Waals surface area contributed by atoms with Crippen LogP contribution in [0.1, 0.15) is 26.3 Å². The molecule has 0 spiro atoms. The van der Waals surface area contributed by atoms with Crippen LogP contribution in [0.4, 0.5) is 16.3 Å². The number of nitrogens with zero attached hydrogens (tertiary/aromatic N) is 4. The molecule has 9 nitrogen and oxygen atoms in total. The Labute approximate surface area is 181 Å². The molecular formula is C21H26N4O5S. The van der Waals surface area contributed by atoms with Gasteiger partial charge in [0.2, 0.25) is 5.88 Å². The molecule has 1 amide bonds. The maximum Gasteiger partial charge on any atom is 0.410 e. The van der Waals surface area contributed by atoms with Gasteiger partial charge in [-0.05, 0) is 51.0 Å². The highest BCUT2D eigenvalue weighted by Crippen LogP contribution is 2.35. The normalized spacial score (nSPS) is 16.6. The number of aromatic nitrogens is 2. The lowest BCUT2D eigenvalue weighted by Crippen LogP contribution is -2.57. The Morgan fingerprint density at radius 2 is 1.90 bits per heavy atom. The van der Waals surface area contributed by atoms with Gasteiger partial charge in [0.15, 0.2) is 9.84 Å². The first-order chi connectivity index (χ1) is 14.5. The highest BCUT2D eigenvalue weighted by molar-refractivity contribution is 7.90. The zero-order valence-electron chi connectivity index (χ0n) is 18.0. The summed E-state index contributed by atoms with van der Waals surface area (Å²) in [6, 6.07) is 6.91. The first-order valence-electron chi connectivity index (χ1n) is 10.1. The van der Waals surface area contributed by atoms with Crippen LogP contribution < -0.4 is 9.64 Å². The number of carbonyl (C=O) groups is 1. The van der Waals surface area contributed by atoms with Crippen molar-refractivity contribution in [2.45, 2.75) is 43.8 Å². The van der Waals surface area contributed by atoms with Crippen molar-refractivity contribution in [3.05, 3.63) is 36.2 Å². The Bertz CT molecular complexity index is 1110. The second kappa shape index (κ2) is 7.67. The molecule has 0 atom stereocenters. The van der Waals surface area contributed by atoms with Crippen molar-refractivity contribution in [2.75, 3.05) is 30.8 Å². The van der Waals surface area contributed by atoms with Crippen LogP contribution in [0.25, 0.3) is 0 Å². The van der Waals surface area contributed by atoms with Crippen LogP contribution in [0.3, 0.4) is 0 Å². The second-order valence-electron chi connectivity index (χ2n) is 8.80. The Kier molecular flexibility index (Phi) is 5.28. The number of likely N-dealkylation sites (tertiary alicyclic amines) is 1. The Hall–Kier alpha value is -2.88. The van der Waals surface area contributed by atoms with Gasteiger partial charge in [-0.3, -0.25) is 0 Å². The van der Waals surface area contributed by atoms with E-state index < -0.39 is 15.4 Å². The van der Waals surface area contributed by atoms with E-state index in [1.807, 2.05) is 31.7 Å². The molecule has 0 unspecified atom stereocenters. The fourth-order valence-electron chi connectivity index (χ4n) is 3.55. The van der Waals surface area contributed by atoms with Gasteiger partial charge >= 0.3 is 6.09 Å². The van der Waals surface area contributed by atoms with E-state index in [0.717, 1.165) is 17.7 Å². The van der Waals surface area contributed by atoms with E-state index in [1.165, 1.54) is 12.6 Å². The second-order valence-corrected chi connectivity index (χ2v) is 10.8. The maximum atomic E-state index is 12.0. The zero-order chi connectivity index (χ0) is 22.4. The van der Waals surface area contributed by atoms with Crippen molar-refractivity contribution in [1.29, 1.82) is 0 Å². The lowest BCUT2D eigenvalue weighted by Gasteiger charge is -2.39. The van der Waals surface area contributed by atoms with Gasteiger partial charge in [0.05, 0.1) is 18.0 Å². The molecule has 10 heteroatoms. The summed E-state index contributed by atoms with van der Waals surface area (Å²) in [5.74, 6) is 1.11. The number of fused-ring (bicyclic) bond motifs is 1. The largest absolute Gasteiger partial charge is 0.470 e. The summed E-state index contributed by atoms with van der Waals surface area (Å²) in [5, 5.41) is 0. The van der Waals surface area contributed by atoms with Crippen LogP contribution >= 0.6 is 0 Å². The van der Waals surface area contributed by atoms with E-state index in [9.17, 15) is 13.2 Å². The summed E-state index contributed by atoms with van der Waals surface area (Å²) < 4.78 is 34.9. The van der Waals surface area contributed by atoms with Crippen LogP contribution in [-0.2, 0) is 21.0 Å². The SMILES string of the molecule is CC(C)(C)OC(=O)N1CC(Oc2cc(N3CCc4cc(S(C)(=O)=O)ccc43)ncn2)C1. The molecule has 3 heterocycles. The van der Waals surface area contributed by atoms with E-state index in [-0.39, 0.29) is 12.2 Å². The van der Waals surface area contributed by atoms with E-state index in [1.54, 1.807) is 23.1 Å². The molecule has 2 aliphatic rings. The number of benzene rings is 1. The molecule has 4 rings (SSSR count). The molecule has 1 saturated heterocycles. The topological polar surface area (TPSA) is 102 Å². The van der Waals surface area contributed by atoms with Crippen molar-refractivity contribution in [3.63, 3.8) is 0 Å². The number of sulfone groups is 1. The Morgan fingerprint density at radius 1 is 1.16 bits per heavy atom. The number of anilines is 2. The Morgan fingerprint density at radius 3 is 2.58 bits per heavy atom. The van der Waals surface area contributed by atoms with E-state index in [2.05, 4.69) is 9.97 Å². The molecule has 0 bridgehead atoms. The van der Waals surface area contributed by atoms with E-state index in [4.69, 9.17) is 9.47 Å². The molecule has 1 aromatic carbocycles. The zero-order valence-corrected chi connectivity index (χ0v) is 18.8. The Balaban J connectivity index is 1.41. The van der Waals surface area contributed by atoms with Crippen LogP contribution in [-0.4, -0.2) is 67.0 Å². The predicted octanol–water partition coefficient (Wildman–Crippen LogP) is 2.57. The summed E-state index contributed by atoms with van der Waals surface area (Å²) in [6.07, 6.45) is 2.88. The highest BCUT2D eigenvalue weighted by Gasteiger charge is 2.35.